The summed E-state index contributed by atoms with van der Waals surface area (Å²) in [5.74, 6) is 0. The van der Waals surface area contributed by atoms with Gasteiger partial charge in [-0.25, -0.2) is 0 Å². The molecule has 0 spiro atoms. The number of halogens is 1. The molecule has 3 nitrogen and oxygen atoms in total. The molecule has 102 valence electrons. The van der Waals surface area contributed by atoms with Crippen LogP contribution in [-0.4, -0.2) is 16.3 Å². The highest BCUT2D eigenvalue weighted by Crippen LogP contribution is 2.20. The average Bonchev–Trinajstić information content (AvgIpc) is 2.80. The Morgan fingerprint density at radius 2 is 2.26 bits per heavy atom. The van der Waals surface area contributed by atoms with E-state index >= 15 is 0 Å². The average molecular weight is 322 g/mol. The zero-order valence-corrected chi connectivity index (χ0v) is 13.0. The van der Waals surface area contributed by atoms with Crippen LogP contribution in [0.1, 0.15) is 30.5 Å². The molecule has 1 atom stereocenters. The molecule has 1 heterocycles. The first-order chi connectivity index (χ1) is 9.19. The number of nitrogens with zero attached hydrogens (tertiary/aromatic N) is 2. The minimum atomic E-state index is 0.411. The van der Waals surface area contributed by atoms with Crippen LogP contribution in [0.5, 0.6) is 0 Å². The number of hydrogen-bond acceptors (Lipinski definition) is 2. The van der Waals surface area contributed by atoms with Gasteiger partial charge >= 0.3 is 0 Å². The van der Waals surface area contributed by atoms with Crippen molar-refractivity contribution in [2.24, 2.45) is 7.05 Å². The SMILES string of the molecule is CCC(NCCc1cnn(C)c1)c1cccc(Br)c1. The fourth-order valence-corrected chi connectivity index (χ4v) is 2.63. The van der Waals surface area contributed by atoms with Gasteiger partial charge in [-0.2, -0.15) is 5.10 Å². The van der Waals surface area contributed by atoms with Gasteiger partial charge in [0.15, 0.2) is 0 Å². The van der Waals surface area contributed by atoms with Crippen LogP contribution in [0, 0.1) is 0 Å². The molecule has 0 fully saturated rings. The second kappa shape index (κ2) is 6.87. The van der Waals surface area contributed by atoms with E-state index < -0.39 is 0 Å². The van der Waals surface area contributed by atoms with Gasteiger partial charge in [-0.3, -0.25) is 4.68 Å². The Kier molecular flexibility index (Phi) is 5.16. The van der Waals surface area contributed by atoms with Gasteiger partial charge in [0, 0.05) is 23.8 Å². The van der Waals surface area contributed by atoms with E-state index in [0.29, 0.717) is 6.04 Å². The molecule has 0 saturated carbocycles. The summed E-state index contributed by atoms with van der Waals surface area (Å²) in [5.41, 5.74) is 2.61. The second-order valence-electron chi connectivity index (χ2n) is 4.74. The Morgan fingerprint density at radius 1 is 1.42 bits per heavy atom. The third-order valence-electron chi connectivity index (χ3n) is 3.22. The summed E-state index contributed by atoms with van der Waals surface area (Å²) >= 11 is 3.53. The van der Waals surface area contributed by atoms with E-state index in [1.165, 1.54) is 11.1 Å². The largest absolute Gasteiger partial charge is 0.310 e. The van der Waals surface area contributed by atoms with Gasteiger partial charge < -0.3 is 5.32 Å². The molecule has 2 aromatic rings. The minimum absolute atomic E-state index is 0.411. The van der Waals surface area contributed by atoms with E-state index in [4.69, 9.17) is 0 Å². The van der Waals surface area contributed by atoms with Gasteiger partial charge in [-0.1, -0.05) is 35.0 Å². The fraction of sp³-hybridized carbons (Fsp3) is 0.400. The van der Waals surface area contributed by atoms with Crippen molar-refractivity contribution in [2.75, 3.05) is 6.54 Å². The first-order valence-corrected chi connectivity index (χ1v) is 7.44. The zero-order valence-electron chi connectivity index (χ0n) is 11.4. The number of aromatic nitrogens is 2. The molecule has 0 aliphatic carbocycles. The maximum atomic E-state index is 4.19. The van der Waals surface area contributed by atoms with Crippen LogP contribution >= 0.6 is 15.9 Å². The van der Waals surface area contributed by atoms with Crippen molar-refractivity contribution in [1.82, 2.24) is 15.1 Å². The Bertz CT molecular complexity index is 522. The molecular weight excluding hydrogens is 302 g/mol. The predicted molar refractivity (Wildman–Crippen MR) is 82.1 cm³/mol. The van der Waals surface area contributed by atoms with Crippen molar-refractivity contribution in [2.45, 2.75) is 25.8 Å². The van der Waals surface area contributed by atoms with Crippen molar-refractivity contribution in [3.63, 3.8) is 0 Å². The topological polar surface area (TPSA) is 29.9 Å². The Labute approximate surface area is 123 Å². The van der Waals surface area contributed by atoms with Gasteiger partial charge in [-0.15, -0.1) is 0 Å². The van der Waals surface area contributed by atoms with Gasteiger partial charge in [0.05, 0.1) is 6.20 Å². The number of rotatable bonds is 6. The maximum absolute atomic E-state index is 4.19. The fourth-order valence-electron chi connectivity index (χ4n) is 2.21. The third kappa shape index (κ3) is 4.18. The van der Waals surface area contributed by atoms with Crippen molar-refractivity contribution in [3.05, 3.63) is 52.3 Å². The van der Waals surface area contributed by atoms with Crippen LogP contribution in [0.4, 0.5) is 0 Å². The summed E-state index contributed by atoms with van der Waals surface area (Å²) in [6.45, 7) is 3.18. The van der Waals surface area contributed by atoms with Crippen LogP contribution in [0.3, 0.4) is 0 Å². The van der Waals surface area contributed by atoms with Gasteiger partial charge in [0.2, 0.25) is 0 Å². The summed E-state index contributed by atoms with van der Waals surface area (Å²) in [6, 6.07) is 8.92. The number of nitrogens with one attached hydrogen (secondary N) is 1. The Hall–Kier alpha value is -1.13. The van der Waals surface area contributed by atoms with Crippen LogP contribution in [0.2, 0.25) is 0 Å². The van der Waals surface area contributed by atoms with E-state index in [9.17, 15) is 0 Å². The number of benzene rings is 1. The molecule has 1 unspecified atom stereocenters. The van der Waals surface area contributed by atoms with Gasteiger partial charge in [-0.05, 0) is 42.6 Å². The standard InChI is InChI=1S/C15H20BrN3/c1-3-15(13-5-4-6-14(16)9-13)17-8-7-12-10-18-19(2)11-12/h4-6,9-11,15,17H,3,7-8H2,1-2H3. The summed E-state index contributed by atoms with van der Waals surface area (Å²) in [6.07, 6.45) is 6.10. The predicted octanol–water partition coefficient (Wildman–Crippen LogP) is 3.47. The highest BCUT2D eigenvalue weighted by Gasteiger charge is 2.08. The van der Waals surface area contributed by atoms with Crippen LogP contribution in [0.15, 0.2) is 41.1 Å². The molecule has 0 aliphatic rings. The van der Waals surface area contributed by atoms with Crippen LogP contribution in [0.25, 0.3) is 0 Å². The van der Waals surface area contributed by atoms with Crippen molar-refractivity contribution in [3.8, 4) is 0 Å². The lowest BCUT2D eigenvalue weighted by molar-refractivity contribution is 0.522. The monoisotopic (exact) mass is 321 g/mol. The molecule has 4 heteroatoms. The van der Waals surface area contributed by atoms with Crippen molar-refractivity contribution < 1.29 is 0 Å². The summed E-state index contributed by atoms with van der Waals surface area (Å²) in [4.78, 5) is 0. The molecule has 2 rings (SSSR count). The number of hydrogen-bond donors (Lipinski definition) is 1. The van der Waals surface area contributed by atoms with Crippen LogP contribution in [-0.2, 0) is 13.5 Å². The van der Waals surface area contributed by atoms with E-state index in [-0.39, 0.29) is 0 Å². The summed E-state index contributed by atoms with van der Waals surface area (Å²) in [5, 5.41) is 7.80. The van der Waals surface area contributed by atoms with Crippen LogP contribution < -0.4 is 5.32 Å². The van der Waals surface area contributed by atoms with Gasteiger partial charge in [0.1, 0.15) is 0 Å². The molecule has 19 heavy (non-hydrogen) atoms. The Morgan fingerprint density at radius 3 is 2.89 bits per heavy atom. The minimum Gasteiger partial charge on any atom is -0.310 e. The molecule has 0 bridgehead atoms. The summed E-state index contributed by atoms with van der Waals surface area (Å²) < 4.78 is 2.98. The smallest absolute Gasteiger partial charge is 0.0522 e. The quantitative estimate of drug-likeness (QED) is 0.883. The second-order valence-corrected chi connectivity index (χ2v) is 5.66. The molecule has 1 aromatic heterocycles. The highest BCUT2D eigenvalue weighted by molar-refractivity contribution is 9.10. The molecule has 0 amide bonds. The number of aryl methyl sites for hydroxylation is 1. The van der Waals surface area contributed by atoms with Gasteiger partial charge in [0.25, 0.3) is 0 Å². The molecule has 1 aromatic carbocycles. The molecular formula is C15H20BrN3. The van der Waals surface area contributed by atoms with E-state index in [1.54, 1.807) is 0 Å². The lowest BCUT2D eigenvalue weighted by Gasteiger charge is -2.17. The van der Waals surface area contributed by atoms with E-state index in [1.807, 2.05) is 17.9 Å². The molecule has 0 aliphatic heterocycles. The summed E-state index contributed by atoms with van der Waals surface area (Å²) in [7, 11) is 1.95. The lowest BCUT2D eigenvalue weighted by Crippen LogP contribution is -2.23. The highest BCUT2D eigenvalue weighted by atomic mass is 79.9. The first kappa shape index (κ1) is 14.3. The van der Waals surface area contributed by atoms with Crippen molar-refractivity contribution in [1.29, 1.82) is 0 Å². The van der Waals surface area contributed by atoms with E-state index in [0.717, 1.165) is 23.9 Å². The molecule has 0 saturated heterocycles. The van der Waals surface area contributed by atoms with E-state index in [2.05, 4.69) is 63.7 Å². The first-order valence-electron chi connectivity index (χ1n) is 6.65. The molecule has 1 N–H and O–H groups in total. The maximum Gasteiger partial charge on any atom is 0.0522 e. The van der Waals surface area contributed by atoms with Crippen molar-refractivity contribution >= 4 is 15.9 Å². The molecule has 0 radical (unpaired) electrons. The zero-order chi connectivity index (χ0) is 13.7. The Balaban J connectivity index is 1.89. The third-order valence-corrected chi connectivity index (χ3v) is 3.72. The normalized spacial score (nSPS) is 12.6. The lowest BCUT2D eigenvalue weighted by atomic mass is 10.0.